The van der Waals surface area contributed by atoms with E-state index in [-0.39, 0.29) is 5.57 Å². The number of cyclic esters (lactones) is 2. The van der Waals surface area contributed by atoms with E-state index in [2.05, 4.69) is 27.4 Å². The van der Waals surface area contributed by atoms with Crippen LogP contribution in [0.4, 0.5) is 22.4 Å². The van der Waals surface area contributed by atoms with Gasteiger partial charge in [0.15, 0.2) is 0 Å². The van der Waals surface area contributed by atoms with Gasteiger partial charge in [-0.3, -0.25) is 0 Å². The van der Waals surface area contributed by atoms with Crippen LogP contribution in [0.3, 0.4) is 0 Å². The van der Waals surface area contributed by atoms with E-state index in [0.29, 0.717) is 13.2 Å². The molecular weight excluding hydrogens is 344 g/mol. The Morgan fingerprint density at radius 2 is 1.79 bits per heavy atom. The lowest BCUT2D eigenvalue weighted by Gasteiger charge is -2.11. The van der Waals surface area contributed by atoms with Gasteiger partial charge >= 0.3 is 24.3 Å². The summed E-state index contributed by atoms with van der Waals surface area (Å²) >= 11 is 0. The van der Waals surface area contributed by atoms with Crippen molar-refractivity contribution in [1.29, 1.82) is 0 Å². The monoisotopic (exact) mass is 360 g/mol. The van der Waals surface area contributed by atoms with E-state index in [9.17, 15) is 31.9 Å². The highest BCUT2D eigenvalue weighted by Crippen LogP contribution is 2.23. The number of alkyl halides is 4. The third kappa shape index (κ3) is 17.5. The van der Waals surface area contributed by atoms with Crippen LogP contribution in [-0.4, -0.2) is 48.9 Å². The molecule has 0 bridgehead atoms. The van der Waals surface area contributed by atoms with Crippen molar-refractivity contribution < 1.29 is 51.3 Å². The lowest BCUT2D eigenvalue weighted by atomic mass is 10.3. The van der Waals surface area contributed by atoms with Crippen molar-refractivity contribution in [3.8, 4) is 0 Å². The maximum atomic E-state index is 12.3. The number of carboxylic acids is 1. The molecule has 0 aromatic rings. The zero-order chi connectivity index (χ0) is 19.3. The van der Waals surface area contributed by atoms with Gasteiger partial charge in [-0.25, -0.2) is 18.8 Å². The number of hydrogen-bond donors (Lipinski definition) is 1. The summed E-state index contributed by atoms with van der Waals surface area (Å²) in [7, 11) is 0. The maximum Gasteiger partial charge on any atom is 0.508 e. The van der Waals surface area contributed by atoms with Gasteiger partial charge in [0.25, 0.3) is 6.36 Å². The van der Waals surface area contributed by atoms with Crippen LogP contribution in [0.15, 0.2) is 24.8 Å². The highest BCUT2D eigenvalue weighted by Gasteiger charge is 2.34. The summed E-state index contributed by atoms with van der Waals surface area (Å²) in [5.41, 5.74) is -0.148. The standard InChI is InChI=1S/C7H8F4O2.C3H4O3.C3H4O2/c1-4(2)6(12)13-5(8)3-7(9,10)11;4-3-5-1-2-6-3;1-2-3(4)5/h5H,1,3H2,2H3;1-2H2;2H,1H2,(H,4,5). The molecule has 7 nitrogen and oxygen atoms in total. The molecule has 0 aromatic carbocycles. The van der Waals surface area contributed by atoms with Gasteiger partial charge in [0.2, 0.25) is 0 Å². The lowest BCUT2D eigenvalue weighted by molar-refractivity contribution is -0.188. The Morgan fingerprint density at radius 3 is 2.00 bits per heavy atom. The molecule has 24 heavy (non-hydrogen) atoms. The van der Waals surface area contributed by atoms with Crippen molar-refractivity contribution in [2.24, 2.45) is 0 Å². The first-order valence-corrected chi connectivity index (χ1v) is 6.11. The summed E-state index contributed by atoms with van der Waals surface area (Å²) in [6.45, 7) is 8.08. The van der Waals surface area contributed by atoms with Gasteiger partial charge in [-0.05, 0) is 6.92 Å². The predicted molar refractivity (Wildman–Crippen MR) is 71.6 cm³/mol. The molecule has 1 unspecified atom stereocenters. The van der Waals surface area contributed by atoms with Crippen LogP contribution in [0.25, 0.3) is 0 Å². The first-order chi connectivity index (χ1) is 10.9. The van der Waals surface area contributed by atoms with Gasteiger partial charge in [0, 0.05) is 11.6 Å². The van der Waals surface area contributed by atoms with Gasteiger partial charge in [0.05, 0.1) is 0 Å². The van der Waals surface area contributed by atoms with Crippen molar-refractivity contribution in [2.45, 2.75) is 25.9 Å². The summed E-state index contributed by atoms with van der Waals surface area (Å²) in [4.78, 5) is 29.6. The molecule has 1 aliphatic rings. The third-order valence-electron chi connectivity index (χ3n) is 1.67. The minimum atomic E-state index is -4.69. The molecule has 1 atom stereocenters. The second-order valence-electron chi connectivity index (χ2n) is 3.90. The number of aliphatic carboxylic acids is 1. The van der Waals surface area contributed by atoms with E-state index >= 15 is 0 Å². The molecule has 0 amide bonds. The van der Waals surface area contributed by atoms with Crippen LogP contribution in [0.2, 0.25) is 0 Å². The fraction of sp³-hybridized carbons (Fsp3) is 0.462. The van der Waals surface area contributed by atoms with E-state index in [1.807, 2.05) is 0 Å². The molecule has 1 rings (SSSR count). The van der Waals surface area contributed by atoms with Gasteiger partial charge in [-0.2, -0.15) is 13.2 Å². The Balaban J connectivity index is 0. The summed E-state index contributed by atoms with van der Waals surface area (Å²) in [6.07, 6.45) is -8.86. The number of carbonyl (C=O) groups excluding carboxylic acids is 2. The largest absolute Gasteiger partial charge is 0.508 e. The maximum absolute atomic E-state index is 12.3. The van der Waals surface area contributed by atoms with Crippen LogP contribution in [-0.2, 0) is 23.8 Å². The zero-order valence-corrected chi connectivity index (χ0v) is 12.6. The van der Waals surface area contributed by atoms with Crippen molar-refractivity contribution in [2.75, 3.05) is 13.2 Å². The van der Waals surface area contributed by atoms with E-state index in [4.69, 9.17) is 5.11 Å². The van der Waals surface area contributed by atoms with Crippen LogP contribution in [0, 0.1) is 0 Å². The van der Waals surface area contributed by atoms with Gasteiger partial charge in [-0.1, -0.05) is 13.2 Å². The molecule has 0 radical (unpaired) electrons. The molecule has 0 aromatic heterocycles. The average Bonchev–Trinajstić information content (AvgIpc) is 2.88. The Bertz CT molecular complexity index is 452. The molecule has 0 spiro atoms. The molecule has 1 saturated heterocycles. The quantitative estimate of drug-likeness (QED) is 0.467. The lowest BCUT2D eigenvalue weighted by Crippen LogP contribution is -2.21. The van der Waals surface area contributed by atoms with Crippen molar-refractivity contribution >= 4 is 18.1 Å². The Morgan fingerprint density at radius 1 is 1.38 bits per heavy atom. The summed E-state index contributed by atoms with van der Waals surface area (Å²) < 4.78 is 59.2. The third-order valence-corrected chi connectivity index (χ3v) is 1.67. The van der Waals surface area contributed by atoms with Crippen molar-refractivity contribution in [3.63, 3.8) is 0 Å². The average molecular weight is 360 g/mol. The smallest absolute Gasteiger partial charge is 0.478 e. The summed E-state index contributed by atoms with van der Waals surface area (Å²) in [5, 5.41) is 7.60. The summed E-state index contributed by atoms with van der Waals surface area (Å²) in [5.74, 6) is -2.15. The molecule has 0 saturated carbocycles. The fourth-order valence-electron chi connectivity index (χ4n) is 0.732. The minimum absolute atomic E-state index is 0.148. The van der Waals surface area contributed by atoms with E-state index in [1.165, 1.54) is 6.92 Å². The van der Waals surface area contributed by atoms with Crippen molar-refractivity contribution in [3.05, 3.63) is 24.8 Å². The minimum Gasteiger partial charge on any atom is -0.478 e. The number of ether oxygens (including phenoxy) is 3. The Kier molecular flexibility index (Phi) is 11.7. The second kappa shape index (κ2) is 11.9. The molecular formula is C13H16F4O7. The van der Waals surface area contributed by atoms with Gasteiger partial charge < -0.3 is 19.3 Å². The molecule has 1 fully saturated rings. The van der Waals surface area contributed by atoms with E-state index in [1.54, 1.807) is 0 Å². The van der Waals surface area contributed by atoms with Gasteiger partial charge in [0.1, 0.15) is 19.6 Å². The number of hydrogen-bond acceptors (Lipinski definition) is 6. The highest BCUT2D eigenvalue weighted by molar-refractivity contribution is 5.87. The summed E-state index contributed by atoms with van der Waals surface area (Å²) in [6, 6.07) is 0. The first kappa shape index (κ1) is 23.7. The number of esters is 1. The number of carboxylic acid groups (broad SMARTS) is 1. The molecule has 11 heteroatoms. The van der Waals surface area contributed by atoms with Crippen LogP contribution >= 0.6 is 0 Å². The normalized spacial score (nSPS) is 13.6. The van der Waals surface area contributed by atoms with Crippen LogP contribution < -0.4 is 0 Å². The van der Waals surface area contributed by atoms with Crippen molar-refractivity contribution in [1.82, 2.24) is 0 Å². The van der Waals surface area contributed by atoms with Crippen LogP contribution in [0.5, 0.6) is 0 Å². The predicted octanol–water partition coefficient (Wildman–Crippen LogP) is 2.76. The van der Waals surface area contributed by atoms with E-state index in [0.717, 1.165) is 6.08 Å². The molecule has 1 N–H and O–H groups in total. The zero-order valence-electron chi connectivity index (χ0n) is 12.6. The Hall–Kier alpha value is -2.59. The fourth-order valence-corrected chi connectivity index (χ4v) is 0.732. The number of carbonyl (C=O) groups is 3. The molecule has 1 aliphatic heterocycles. The van der Waals surface area contributed by atoms with E-state index < -0.39 is 37.0 Å². The van der Waals surface area contributed by atoms with Gasteiger partial charge in [-0.15, -0.1) is 0 Å². The topological polar surface area (TPSA) is 99.1 Å². The molecule has 1 heterocycles. The SMILES string of the molecule is C=C(C)C(=O)OC(F)CC(F)(F)F.C=CC(=O)O.O=C1OCCO1. The molecule has 0 aliphatic carbocycles. The highest BCUT2D eigenvalue weighted by atomic mass is 19.4. The Labute approximate surface area is 134 Å². The number of halogens is 4. The number of rotatable bonds is 4. The first-order valence-electron chi connectivity index (χ1n) is 6.11. The second-order valence-corrected chi connectivity index (χ2v) is 3.90. The molecule has 138 valence electrons. The van der Waals surface area contributed by atoms with Crippen LogP contribution in [0.1, 0.15) is 13.3 Å².